The van der Waals surface area contributed by atoms with Gasteiger partial charge < -0.3 is 10.1 Å². The molecule has 0 amide bonds. The minimum Gasteiger partial charge on any atom is -0.489 e. The van der Waals surface area contributed by atoms with E-state index in [1.54, 1.807) is 11.8 Å². The summed E-state index contributed by atoms with van der Waals surface area (Å²) in [7, 11) is 0. The predicted molar refractivity (Wildman–Crippen MR) is 130 cm³/mol. The first kappa shape index (κ1) is 21.8. The molecule has 7 heteroatoms. The zero-order valence-corrected chi connectivity index (χ0v) is 20.0. The van der Waals surface area contributed by atoms with Gasteiger partial charge in [-0.15, -0.1) is 5.10 Å². The maximum absolute atomic E-state index is 13.5. The zero-order valence-electron chi connectivity index (χ0n) is 19.2. The number of ether oxygens (including phenoxy) is 1. The summed E-state index contributed by atoms with van der Waals surface area (Å²) in [5.74, 6) is 2.47. The first-order valence-corrected chi connectivity index (χ1v) is 12.3. The highest BCUT2D eigenvalue weighted by Crippen LogP contribution is 2.47. The van der Waals surface area contributed by atoms with Crippen molar-refractivity contribution in [3.8, 4) is 5.75 Å². The molecular weight excluding hydrogens is 432 g/mol. The molecule has 1 aliphatic heterocycles. The Bertz CT molecular complexity index is 1220. The van der Waals surface area contributed by atoms with Gasteiger partial charge in [0.1, 0.15) is 18.4 Å². The lowest BCUT2D eigenvalue weighted by atomic mass is 9.73. The lowest BCUT2D eigenvalue weighted by Gasteiger charge is -2.38. The summed E-state index contributed by atoms with van der Waals surface area (Å²) < 4.78 is 8.14. The number of Topliss-reactive ketones (excluding diaryl/α,β-unsaturated/α-hetero) is 1. The van der Waals surface area contributed by atoms with Crippen LogP contribution >= 0.6 is 11.8 Å². The number of ketones is 1. The number of para-hydroxylation sites is 1. The third kappa shape index (κ3) is 4.29. The first-order valence-electron chi connectivity index (χ1n) is 11.3. The number of nitrogens with zero attached hydrogens (tertiary/aromatic N) is 3. The Morgan fingerprint density at radius 2 is 1.88 bits per heavy atom. The lowest BCUT2D eigenvalue weighted by Crippen LogP contribution is -2.36. The Kier molecular flexibility index (Phi) is 5.74. The summed E-state index contributed by atoms with van der Waals surface area (Å²) >= 11 is 1.59. The second kappa shape index (κ2) is 8.71. The standard InChI is InChI=1S/C26H28N4O2S/c1-4-33-25-28-24-27-19-14-26(2,3)15-20(31)22(19)23(30(24)29-25)18-12-8-9-13-21(18)32-16-17-10-6-5-7-11-17/h5-13,23H,4,14-16H2,1-3H3,(H,27,28,29). The van der Waals surface area contributed by atoms with Crippen molar-refractivity contribution in [2.45, 2.75) is 51.4 Å². The van der Waals surface area contributed by atoms with Crippen molar-refractivity contribution in [1.82, 2.24) is 14.8 Å². The fourth-order valence-corrected chi connectivity index (χ4v) is 5.20. The van der Waals surface area contributed by atoms with Crippen LogP contribution in [0.3, 0.4) is 0 Å². The summed E-state index contributed by atoms with van der Waals surface area (Å²) in [5.41, 5.74) is 3.65. The molecule has 170 valence electrons. The molecule has 0 spiro atoms. The maximum Gasteiger partial charge on any atom is 0.227 e. The molecule has 33 heavy (non-hydrogen) atoms. The SMILES string of the molecule is CCSc1nc2n(n1)C(c1ccccc1OCc1ccccc1)C1=C(CC(C)(C)CC1=O)N2. The number of carbonyl (C=O) groups is 1. The highest BCUT2D eigenvalue weighted by atomic mass is 32.2. The minimum absolute atomic E-state index is 0.0972. The van der Waals surface area contributed by atoms with Gasteiger partial charge in [-0.25, -0.2) is 4.68 Å². The van der Waals surface area contributed by atoms with Crippen LogP contribution in [0.25, 0.3) is 0 Å². The molecule has 1 aliphatic carbocycles. The molecule has 0 radical (unpaired) electrons. The van der Waals surface area contributed by atoms with Gasteiger partial charge in [0.2, 0.25) is 11.1 Å². The molecule has 3 aromatic rings. The van der Waals surface area contributed by atoms with Crippen molar-refractivity contribution in [2.24, 2.45) is 5.41 Å². The Labute approximate surface area is 198 Å². The van der Waals surface area contributed by atoms with Crippen molar-refractivity contribution in [1.29, 1.82) is 0 Å². The van der Waals surface area contributed by atoms with Crippen LogP contribution in [-0.2, 0) is 11.4 Å². The van der Waals surface area contributed by atoms with Crippen LogP contribution in [-0.4, -0.2) is 26.3 Å². The van der Waals surface area contributed by atoms with E-state index in [-0.39, 0.29) is 17.2 Å². The van der Waals surface area contributed by atoms with E-state index in [2.05, 4.69) is 26.1 Å². The third-order valence-corrected chi connectivity index (χ3v) is 6.76. The maximum atomic E-state index is 13.5. The van der Waals surface area contributed by atoms with E-state index in [1.807, 2.05) is 59.3 Å². The topological polar surface area (TPSA) is 69.0 Å². The third-order valence-electron chi connectivity index (χ3n) is 6.04. The smallest absolute Gasteiger partial charge is 0.227 e. The molecule has 2 heterocycles. The number of aromatic nitrogens is 3. The molecule has 1 unspecified atom stereocenters. The lowest BCUT2D eigenvalue weighted by molar-refractivity contribution is -0.118. The van der Waals surface area contributed by atoms with Crippen molar-refractivity contribution in [2.75, 3.05) is 11.1 Å². The van der Waals surface area contributed by atoms with E-state index in [1.165, 1.54) is 0 Å². The summed E-state index contributed by atoms with van der Waals surface area (Å²) in [4.78, 5) is 18.2. The molecule has 0 bridgehead atoms. The second-order valence-electron chi connectivity index (χ2n) is 9.27. The predicted octanol–water partition coefficient (Wildman–Crippen LogP) is 5.63. The van der Waals surface area contributed by atoms with Gasteiger partial charge in [-0.05, 0) is 29.2 Å². The quantitative estimate of drug-likeness (QED) is 0.481. The number of fused-ring (bicyclic) bond motifs is 1. The van der Waals surface area contributed by atoms with E-state index in [4.69, 9.17) is 14.8 Å². The monoisotopic (exact) mass is 460 g/mol. The Balaban J connectivity index is 1.60. The number of anilines is 1. The molecule has 1 atom stereocenters. The normalized spacial score (nSPS) is 19.0. The summed E-state index contributed by atoms with van der Waals surface area (Å²) in [5, 5.41) is 8.93. The average Bonchev–Trinajstić information content (AvgIpc) is 3.18. The van der Waals surface area contributed by atoms with Gasteiger partial charge in [0.25, 0.3) is 0 Å². The molecule has 6 nitrogen and oxygen atoms in total. The molecular formula is C26H28N4O2S. The fraction of sp³-hybridized carbons (Fsp3) is 0.346. The number of nitrogens with one attached hydrogen (secondary N) is 1. The number of hydrogen-bond donors (Lipinski definition) is 1. The molecule has 0 fully saturated rings. The van der Waals surface area contributed by atoms with E-state index >= 15 is 0 Å². The summed E-state index contributed by atoms with van der Waals surface area (Å²) in [6.45, 7) is 6.81. The number of benzene rings is 2. The average molecular weight is 461 g/mol. The van der Waals surface area contributed by atoms with Crippen LogP contribution in [0.4, 0.5) is 5.95 Å². The highest BCUT2D eigenvalue weighted by molar-refractivity contribution is 7.99. The van der Waals surface area contributed by atoms with Gasteiger partial charge in [-0.3, -0.25) is 4.79 Å². The van der Waals surface area contributed by atoms with E-state index < -0.39 is 0 Å². The Morgan fingerprint density at radius 1 is 1.12 bits per heavy atom. The van der Waals surface area contributed by atoms with Crippen molar-refractivity contribution < 1.29 is 9.53 Å². The van der Waals surface area contributed by atoms with Gasteiger partial charge in [0.15, 0.2) is 5.78 Å². The molecule has 2 aromatic carbocycles. The number of rotatable bonds is 6. The van der Waals surface area contributed by atoms with Crippen LogP contribution in [0.1, 0.15) is 50.8 Å². The van der Waals surface area contributed by atoms with Crippen LogP contribution in [0, 0.1) is 5.41 Å². The van der Waals surface area contributed by atoms with Gasteiger partial charge in [-0.2, -0.15) is 4.98 Å². The minimum atomic E-state index is -0.370. The Morgan fingerprint density at radius 3 is 2.67 bits per heavy atom. The van der Waals surface area contributed by atoms with Gasteiger partial charge in [0.05, 0.1) is 0 Å². The van der Waals surface area contributed by atoms with Gasteiger partial charge >= 0.3 is 0 Å². The molecule has 0 saturated heterocycles. The molecule has 1 aromatic heterocycles. The van der Waals surface area contributed by atoms with Crippen LogP contribution < -0.4 is 10.1 Å². The van der Waals surface area contributed by atoms with Gasteiger partial charge in [0, 0.05) is 23.3 Å². The second-order valence-corrected chi connectivity index (χ2v) is 10.5. The molecule has 2 aliphatic rings. The Hall–Kier alpha value is -3.06. The fourth-order valence-electron chi connectivity index (χ4n) is 4.64. The van der Waals surface area contributed by atoms with Crippen molar-refractivity contribution in [3.63, 3.8) is 0 Å². The number of carbonyl (C=O) groups excluding carboxylic acids is 1. The van der Waals surface area contributed by atoms with E-state index in [0.717, 1.165) is 40.3 Å². The van der Waals surface area contributed by atoms with Crippen molar-refractivity contribution in [3.05, 3.63) is 77.0 Å². The number of hydrogen-bond acceptors (Lipinski definition) is 6. The first-order chi connectivity index (χ1) is 15.9. The van der Waals surface area contributed by atoms with Crippen molar-refractivity contribution >= 4 is 23.5 Å². The molecule has 1 N–H and O–H groups in total. The van der Waals surface area contributed by atoms with Crippen LogP contribution in [0.2, 0.25) is 0 Å². The van der Waals surface area contributed by atoms with E-state index in [9.17, 15) is 4.79 Å². The highest BCUT2D eigenvalue weighted by Gasteiger charge is 2.42. The number of thioether (sulfide) groups is 1. The molecule has 5 rings (SSSR count). The largest absolute Gasteiger partial charge is 0.489 e. The number of allylic oxidation sites excluding steroid dienone is 2. The molecule has 0 saturated carbocycles. The summed E-state index contributed by atoms with van der Waals surface area (Å²) in [6.07, 6.45) is 1.30. The van der Waals surface area contributed by atoms with E-state index in [0.29, 0.717) is 24.1 Å². The zero-order chi connectivity index (χ0) is 23.0. The summed E-state index contributed by atoms with van der Waals surface area (Å²) in [6, 6.07) is 17.7. The van der Waals surface area contributed by atoms with Crippen LogP contribution in [0.5, 0.6) is 5.75 Å². The van der Waals surface area contributed by atoms with Crippen LogP contribution in [0.15, 0.2) is 71.0 Å². The van der Waals surface area contributed by atoms with Gasteiger partial charge in [-0.1, -0.05) is 81.1 Å².